The summed E-state index contributed by atoms with van der Waals surface area (Å²) in [7, 11) is 0. The molecule has 0 radical (unpaired) electrons. The van der Waals surface area contributed by atoms with Gasteiger partial charge in [0.25, 0.3) is 0 Å². The molecule has 0 saturated heterocycles. The molecule has 65 heavy (non-hydrogen) atoms. The molecule has 0 spiro atoms. The smallest absolute Gasteiger partial charge is 0.131 e. The van der Waals surface area contributed by atoms with Gasteiger partial charge in [-0.3, -0.25) is 0 Å². The molecule has 0 aliphatic carbocycles. The lowest BCUT2D eigenvalue weighted by atomic mass is 9.80. The standard InChI is InChI=1S/C61H76O2S2/c1-35(2)45-31-47(37(5)6)57(48(32-45)38(7)8)55-26-41(13)24-51(59(55)62)53-29-44(28-43-20-17-16-18-21-43)30-54(61(53)65-23-19-22-64-15)52-25-42(14)27-56(60(52)63)58-49(39(9)10)33-46(36(3)4)34-50(58)40(11)12/h16-18,20-21,24-27,29-40,62-63H,19,22-23,28H2,1-15H3. The van der Waals surface area contributed by atoms with E-state index in [1.807, 2.05) is 23.5 Å². The molecule has 0 saturated carbocycles. The Balaban J connectivity index is 1.74. The van der Waals surface area contributed by atoms with Crippen molar-refractivity contribution >= 4 is 23.5 Å². The second kappa shape index (κ2) is 21.5. The van der Waals surface area contributed by atoms with E-state index in [4.69, 9.17) is 0 Å². The zero-order valence-corrected chi connectivity index (χ0v) is 43.8. The molecule has 4 heteroatoms. The number of benzene rings is 6. The fourth-order valence-corrected chi connectivity index (χ4v) is 11.2. The van der Waals surface area contributed by atoms with Gasteiger partial charge in [-0.1, -0.05) is 138 Å². The highest BCUT2D eigenvalue weighted by atomic mass is 32.2. The average Bonchev–Trinajstić information content (AvgIpc) is 3.25. The first-order valence-corrected chi connectivity index (χ1v) is 26.6. The largest absolute Gasteiger partial charge is 0.507 e. The summed E-state index contributed by atoms with van der Waals surface area (Å²) in [6.07, 6.45) is 3.93. The van der Waals surface area contributed by atoms with Crippen molar-refractivity contribution in [3.8, 4) is 56.0 Å². The highest BCUT2D eigenvalue weighted by Gasteiger charge is 2.28. The Bertz CT molecular complexity index is 2400. The third kappa shape index (κ3) is 11.1. The second-order valence-electron chi connectivity index (χ2n) is 20.4. The highest BCUT2D eigenvalue weighted by Crippen LogP contribution is 2.52. The minimum absolute atomic E-state index is 0.264. The van der Waals surface area contributed by atoms with Gasteiger partial charge in [0.15, 0.2) is 0 Å². The van der Waals surface area contributed by atoms with Gasteiger partial charge in [-0.2, -0.15) is 11.8 Å². The SMILES string of the molecule is CSCCCSc1c(-c2cc(C)cc(-c3c(C(C)C)cc(C(C)C)cc3C(C)C)c2O)cc(Cc2ccccc2)cc1-c1cc(C)cc(-c2c(C(C)C)cc(C(C)C)cc2C(C)C)c1O. The number of rotatable bonds is 17. The van der Waals surface area contributed by atoms with Gasteiger partial charge in [0.05, 0.1) is 0 Å². The molecule has 0 aliphatic rings. The van der Waals surface area contributed by atoms with E-state index in [-0.39, 0.29) is 23.7 Å². The van der Waals surface area contributed by atoms with Gasteiger partial charge < -0.3 is 10.2 Å². The van der Waals surface area contributed by atoms with Crippen LogP contribution in [0.1, 0.15) is 181 Å². The molecule has 0 aliphatic heterocycles. The summed E-state index contributed by atoms with van der Waals surface area (Å²) in [5.41, 5.74) is 20.1. The first-order valence-electron chi connectivity index (χ1n) is 24.2. The van der Waals surface area contributed by atoms with Crippen molar-refractivity contribution in [3.05, 3.63) is 147 Å². The summed E-state index contributed by atoms with van der Waals surface area (Å²) in [5.74, 6) is 4.44. The molecular formula is C61H76O2S2. The molecule has 344 valence electrons. The molecule has 0 atom stereocenters. The van der Waals surface area contributed by atoms with Gasteiger partial charge in [0.2, 0.25) is 0 Å². The predicted molar refractivity (Wildman–Crippen MR) is 288 cm³/mol. The fourth-order valence-electron chi connectivity index (χ4n) is 9.44. The van der Waals surface area contributed by atoms with Crippen LogP contribution in [0.2, 0.25) is 0 Å². The van der Waals surface area contributed by atoms with Crippen molar-refractivity contribution in [2.75, 3.05) is 17.8 Å². The van der Waals surface area contributed by atoms with E-state index >= 15 is 0 Å². The van der Waals surface area contributed by atoms with Crippen molar-refractivity contribution in [1.82, 2.24) is 0 Å². The first-order chi connectivity index (χ1) is 30.8. The number of aromatic hydroxyl groups is 2. The van der Waals surface area contributed by atoms with Crippen molar-refractivity contribution in [2.24, 2.45) is 0 Å². The van der Waals surface area contributed by atoms with Crippen LogP contribution < -0.4 is 0 Å². The van der Waals surface area contributed by atoms with Gasteiger partial charge in [-0.05, 0) is 194 Å². The zero-order valence-electron chi connectivity index (χ0n) is 42.2. The van der Waals surface area contributed by atoms with Crippen LogP contribution in [0.15, 0.2) is 95.9 Å². The minimum Gasteiger partial charge on any atom is -0.507 e. The Labute approximate surface area is 402 Å². The molecule has 0 aromatic heterocycles. The quantitative estimate of drug-likeness (QED) is 0.0707. The van der Waals surface area contributed by atoms with E-state index in [1.165, 1.54) is 38.9 Å². The maximum Gasteiger partial charge on any atom is 0.131 e. The molecule has 0 bridgehead atoms. The topological polar surface area (TPSA) is 40.5 Å². The Morgan fingerprint density at radius 3 is 1.17 bits per heavy atom. The number of aryl methyl sites for hydroxylation is 2. The summed E-state index contributed by atoms with van der Waals surface area (Å²) >= 11 is 3.73. The normalized spacial score (nSPS) is 12.0. The molecule has 6 rings (SSSR count). The van der Waals surface area contributed by atoms with Crippen LogP contribution in [0.5, 0.6) is 11.5 Å². The number of hydrogen-bond donors (Lipinski definition) is 2. The summed E-state index contributed by atoms with van der Waals surface area (Å²) in [5, 5.41) is 26.1. The van der Waals surface area contributed by atoms with Crippen LogP contribution in [0.4, 0.5) is 0 Å². The molecule has 0 heterocycles. The maximum atomic E-state index is 13.0. The molecule has 0 fully saturated rings. The van der Waals surface area contributed by atoms with Crippen LogP contribution >= 0.6 is 23.5 Å². The Morgan fingerprint density at radius 2 is 0.815 bits per heavy atom. The molecule has 6 aromatic carbocycles. The average molecular weight is 905 g/mol. The number of phenolic OH excluding ortho intramolecular Hbond substituents is 2. The number of hydrogen-bond acceptors (Lipinski definition) is 4. The lowest BCUT2D eigenvalue weighted by Crippen LogP contribution is -2.05. The van der Waals surface area contributed by atoms with Gasteiger partial charge in [0, 0.05) is 27.1 Å². The van der Waals surface area contributed by atoms with E-state index in [0.29, 0.717) is 29.8 Å². The van der Waals surface area contributed by atoms with Crippen LogP contribution in [0.3, 0.4) is 0 Å². The maximum absolute atomic E-state index is 13.0. The van der Waals surface area contributed by atoms with Crippen molar-refractivity contribution in [1.29, 1.82) is 0 Å². The third-order valence-electron chi connectivity index (χ3n) is 13.0. The monoisotopic (exact) mass is 905 g/mol. The molecule has 0 amide bonds. The van der Waals surface area contributed by atoms with E-state index in [9.17, 15) is 10.2 Å². The molecule has 2 N–H and O–H groups in total. The Hall–Kier alpha value is -4.38. The second-order valence-corrected chi connectivity index (χ2v) is 22.5. The Morgan fingerprint density at radius 1 is 0.431 bits per heavy atom. The van der Waals surface area contributed by atoms with E-state index in [1.54, 1.807) is 0 Å². The lowest BCUT2D eigenvalue weighted by Gasteiger charge is -2.26. The van der Waals surface area contributed by atoms with E-state index in [2.05, 4.69) is 194 Å². The molecule has 6 aromatic rings. The fraction of sp³-hybridized carbons (Fsp3) is 0.410. The van der Waals surface area contributed by atoms with Gasteiger partial charge in [-0.15, -0.1) is 11.8 Å². The van der Waals surface area contributed by atoms with Crippen LogP contribution in [-0.4, -0.2) is 28.0 Å². The molecular weight excluding hydrogens is 829 g/mol. The van der Waals surface area contributed by atoms with Crippen molar-refractivity contribution in [3.63, 3.8) is 0 Å². The minimum atomic E-state index is 0.264. The summed E-state index contributed by atoms with van der Waals surface area (Å²) in [4.78, 5) is 1.09. The predicted octanol–water partition coefficient (Wildman–Crippen LogP) is 18.6. The summed E-state index contributed by atoms with van der Waals surface area (Å²) in [6, 6.07) is 33.6. The van der Waals surface area contributed by atoms with E-state index < -0.39 is 0 Å². The van der Waals surface area contributed by atoms with Crippen LogP contribution in [0.25, 0.3) is 44.5 Å². The summed E-state index contributed by atoms with van der Waals surface area (Å²) in [6.45, 7) is 31.6. The lowest BCUT2D eigenvalue weighted by molar-refractivity contribution is 0.478. The van der Waals surface area contributed by atoms with Gasteiger partial charge in [-0.25, -0.2) is 0 Å². The molecule has 0 unspecified atom stereocenters. The van der Waals surface area contributed by atoms with E-state index in [0.717, 1.165) is 84.0 Å². The third-order valence-corrected chi connectivity index (χ3v) is 14.9. The number of phenols is 2. The first kappa shape index (κ1) is 50.0. The van der Waals surface area contributed by atoms with Gasteiger partial charge in [0.1, 0.15) is 11.5 Å². The van der Waals surface area contributed by atoms with Crippen molar-refractivity contribution < 1.29 is 10.2 Å². The summed E-state index contributed by atoms with van der Waals surface area (Å²) < 4.78 is 0. The molecule has 2 nitrogen and oxygen atoms in total. The Kier molecular flexibility index (Phi) is 16.6. The van der Waals surface area contributed by atoms with Crippen LogP contribution in [0, 0.1) is 13.8 Å². The number of thioether (sulfide) groups is 2. The van der Waals surface area contributed by atoms with Crippen LogP contribution in [-0.2, 0) is 6.42 Å². The highest BCUT2D eigenvalue weighted by molar-refractivity contribution is 8.00. The van der Waals surface area contributed by atoms with Crippen molar-refractivity contribution in [2.45, 2.75) is 150 Å². The zero-order chi connectivity index (χ0) is 47.4. The van der Waals surface area contributed by atoms with Gasteiger partial charge >= 0.3 is 0 Å².